The minimum absolute atomic E-state index is 0.150. The quantitative estimate of drug-likeness (QED) is 0.858. The van der Waals surface area contributed by atoms with Gasteiger partial charge in [-0.05, 0) is 31.7 Å². The molecule has 0 radical (unpaired) electrons. The van der Waals surface area contributed by atoms with Crippen molar-refractivity contribution in [3.8, 4) is 0 Å². The van der Waals surface area contributed by atoms with Crippen LogP contribution in [0, 0.1) is 0 Å². The van der Waals surface area contributed by atoms with Gasteiger partial charge in [-0.3, -0.25) is 9.88 Å². The number of rotatable bonds is 4. The second-order valence-electron chi connectivity index (χ2n) is 7.48. The molecule has 1 aromatic rings. The second-order valence-corrected chi connectivity index (χ2v) is 7.48. The zero-order chi connectivity index (χ0) is 17.9. The topological polar surface area (TPSA) is 75.7 Å². The number of carbonyl (C=O) groups excluding carboxylic acids is 1. The van der Waals surface area contributed by atoms with E-state index in [9.17, 15) is 4.79 Å². The molecule has 7 nitrogen and oxygen atoms in total. The third kappa shape index (κ3) is 3.84. The first-order valence-corrected chi connectivity index (χ1v) is 9.63. The molecule has 2 aliphatic heterocycles. The molecule has 3 atom stereocenters. The molecular formula is C19H28N4O3. The summed E-state index contributed by atoms with van der Waals surface area (Å²) in [6.45, 7) is 3.31. The van der Waals surface area contributed by atoms with E-state index in [1.165, 1.54) is 0 Å². The highest BCUT2D eigenvalue weighted by Crippen LogP contribution is 2.28. The average Bonchev–Trinajstić information content (AvgIpc) is 3.30. The maximum absolute atomic E-state index is 12.5. The van der Waals surface area contributed by atoms with Crippen LogP contribution in [0.5, 0.6) is 0 Å². The van der Waals surface area contributed by atoms with Crippen LogP contribution in [0.3, 0.4) is 0 Å². The van der Waals surface area contributed by atoms with Crippen molar-refractivity contribution in [3.05, 3.63) is 23.5 Å². The van der Waals surface area contributed by atoms with E-state index in [1.807, 2.05) is 6.07 Å². The van der Waals surface area contributed by atoms with Crippen LogP contribution in [0.25, 0.3) is 0 Å². The van der Waals surface area contributed by atoms with Crippen LogP contribution in [0.15, 0.2) is 12.3 Å². The Bertz CT molecular complexity index is 654. The lowest BCUT2D eigenvalue weighted by atomic mass is 10.1. The first-order chi connectivity index (χ1) is 12.7. The number of amides is 2. The van der Waals surface area contributed by atoms with Gasteiger partial charge in [-0.15, -0.1) is 0 Å². The summed E-state index contributed by atoms with van der Waals surface area (Å²) in [4.78, 5) is 19.4. The van der Waals surface area contributed by atoms with Crippen molar-refractivity contribution >= 4 is 11.7 Å². The number of hydrogen-bond acceptors (Lipinski definition) is 5. The standard InChI is InChI=1S/C19H28N4O3/c1-25-15-5-7-23(11-15)18-4-2-3-17(18)22-19(24)21-14-9-13-12-26-8-6-16(13)20-10-14/h9-10,15,17-18H,2-8,11-12H2,1H3,(H2,21,22,24)/t15?,17-,18+/m0/s1. The van der Waals surface area contributed by atoms with Crippen molar-refractivity contribution in [3.63, 3.8) is 0 Å². The van der Waals surface area contributed by atoms with Gasteiger partial charge in [0.1, 0.15) is 0 Å². The third-order valence-corrected chi connectivity index (χ3v) is 5.83. The zero-order valence-corrected chi connectivity index (χ0v) is 15.4. The van der Waals surface area contributed by atoms with Crippen molar-refractivity contribution in [1.29, 1.82) is 0 Å². The Balaban J connectivity index is 1.34. The summed E-state index contributed by atoms with van der Waals surface area (Å²) < 4.78 is 11.0. The van der Waals surface area contributed by atoms with E-state index in [-0.39, 0.29) is 12.1 Å². The number of pyridine rings is 1. The SMILES string of the molecule is COC1CCN([C@@H]2CCC[C@@H]2NC(=O)Nc2cnc3c(c2)COCC3)C1. The molecule has 0 aromatic carbocycles. The number of aromatic nitrogens is 1. The first-order valence-electron chi connectivity index (χ1n) is 9.63. The molecule has 2 fully saturated rings. The number of carbonyl (C=O) groups is 1. The van der Waals surface area contributed by atoms with Crippen LogP contribution in [0.1, 0.15) is 36.9 Å². The van der Waals surface area contributed by atoms with Crippen LogP contribution < -0.4 is 10.6 Å². The Morgan fingerprint density at radius 1 is 1.38 bits per heavy atom. The molecule has 2 amide bonds. The number of nitrogens with one attached hydrogen (secondary N) is 2. The van der Waals surface area contributed by atoms with Gasteiger partial charge in [0.2, 0.25) is 0 Å². The molecule has 1 saturated heterocycles. The summed E-state index contributed by atoms with van der Waals surface area (Å²) in [5.74, 6) is 0. The Morgan fingerprint density at radius 2 is 2.31 bits per heavy atom. The molecule has 4 rings (SSSR count). The van der Waals surface area contributed by atoms with E-state index in [0.29, 0.717) is 18.8 Å². The second kappa shape index (κ2) is 7.90. The molecule has 1 aliphatic carbocycles. The summed E-state index contributed by atoms with van der Waals surface area (Å²) in [7, 11) is 1.78. The third-order valence-electron chi connectivity index (χ3n) is 5.83. The molecule has 2 N–H and O–H groups in total. The molecule has 26 heavy (non-hydrogen) atoms. The Kier molecular flexibility index (Phi) is 5.38. The van der Waals surface area contributed by atoms with Gasteiger partial charge < -0.3 is 20.1 Å². The van der Waals surface area contributed by atoms with Crippen molar-refractivity contribution in [1.82, 2.24) is 15.2 Å². The summed E-state index contributed by atoms with van der Waals surface area (Å²) in [5, 5.41) is 6.11. The van der Waals surface area contributed by atoms with Crippen molar-refractivity contribution in [2.24, 2.45) is 0 Å². The monoisotopic (exact) mass is 360 g/mol. The number of fused-ring (bicyclic) bond motifs is 1. The number of anilines is 1. The van der Waals surface area contributed by atoms with Gasteiger partial charge in [0.25, 0.3) is 0 Å². The summed E-state index contributed by atoms with van der Waals surface area (Å²) in [6.07, 6.45) is 7.30. The maximum Gasteiger partial charge on any atom is 0.319 e. The Morgan fingerprint density at radius 3 is 3.15 bits per heavy atom. The van der Waals surface area contributed by atoms with E-state index in [2.05, 4.69) is 20.5 Å². The minimum atomic E-state index is -0.150. The largest absolute Gasteiger partial charge is 0.380 e. The van der Waals surface area contributed by atoms with E-state index < -0.39 is 0 Å². The zero-order valence-electron chi connectivity index (χ0n) is 15.4. The van der Waals surface area contributed by atoms with Crippen LogP contribution >= 0.6 is 0 Å². The van der Waals surface area contributed by atoms with Crippen LogP contribution in [0.2, 0.25) is 0 Å². The smallest absolute Gasteiger partial charge is 0.319 e. The lowest BCUT2D eigenvalue weighted by Gasteiger charge is -2.30. The van der Waals surface area contributed by atoms with Gasteiger partial charge in [0.05, 0.1) is 31.2 Å². The molecule has 1 saturated carbocycles. The maximum atomic E-state index is 12.5. The van der Waals surface area contributed by atoms with Crippen molar-refractivity contribution < 1.29 is 14.3 Å². The molecule has 142 valence electrons. The van der Waals surface area contributed by atoms with Crippen LogP contribution in [-0.4, -0.2) is 60.9 Å². The van der Waals surface area contributed by atoms with Gasteiger partial charge in [-0.2, -0.15) is 0 Å². The number of likely N-dealkylation sites (tertiary alicyclic amines) is 1. The highest BCUT2D eigenvalue weighted by atomic mass is 16.5. The number of ether oxygens (including phenoxy) is 2. The molecular weight excluding hydrogens is 332 g/mol. The van der Waals surface area contributed by atoms with E-state index in [1.54, 1.807) is 13.3 Å². The number of hydrogen-bond donors (Lipinski definition) is 2. The number of urea groups is 1. The summed E-state index contributed by atoms with van der Waals surface area (Å²) in [6, 6.07) is 2.43. The molecule has 0 spiro atoms. The average molecular weight is 360 g/mol. The predicted molar refractivity (Wildman–Crippen MR) is 98.2 cm³/mol. The Labute approximate surface area is 154 Å². The van der Waals surface area contributed by atoms with Crippen LogP contribution in [-0.2, 0) is 22.5 Å². The fourth-order valence-corrected chi connectivity index (χ4v) is 4.44. The molecule has 1 aromatic heterocycles. The van der Waals surface area contributed by atoms with Gasteiger partial charge in [0.15, 0.2) is 0 Å². The van der Waals surface area contributed by atoms with Gasteiger partial charge >= 0.3 is 6.03 Å². The fraction of sp³-hybridized carbons (Fsp3) is 0.684. The summed E-state index contributed by atoms with van der Waals surface area (Å²) >= 11 is 0. The van der Waals surface area contributed by atoms with Crippen molar-refractivity contribution in [2.45, 2.75) is 56.9 Å². The Hall–Kier alpha value is -1.70. The normalized spacial score (nSPS) is 28.7. The summed E-state index contributed by atoms with van der Waals surface area (Å²) in [5.41, 5.74) is 2.86. The van der Waals surface area contributed by atoms with Crippen LogP contribution in [0.4, 0.5) is 10.5 Å². The van der Waals surface area contributed by atoms with E-state index in [4.69, 9.17) is 9.47 Å². The van der Waals surface area contributed by atoms with Crippen molar-refractivity contribution in [2.75, 3.05) is 32.1 Å². The minimum Gasteiger partial charge on any atom is -0.380 e. The fourth-order valence-electron chi connectivity index (χ4n) is 4.44. The number of nitrogens with zero attached hydrogens (tertiary/aromatic N) is 2. The van der Waals surface area contributed by atoms with Gasteiger partial charge in [0, 0.05) is 50.0 Å². The predicted octanol–water partition coefficient (Wildman–Crippen LogP) is 1.92. The molecule has 3 heterocycles. The number of methoxy groups -OCH3 is 1. The lowest BCUT2D eigenvalue weighted by molar-refractivity contribution is 0.0985. The highest BCUT2D eigenvalue weighted by Gasteiger charge is 2.36. The molecule has 3 aliphatic rings. The molecule has 7 heteroatoms. The highest BCUT2D eigenvalue weighted by molar-refractivity contribution is 5.89. The molecule has 0 bridgehead atoms. The van der Waals surface area contributed by atoms with E-state index in [0.717, 1.165) is 68.7 Å². The van der Waals surface area contributed by atoms with E-state index >= 15 is 0 Å². The van der Waals surface area contributed by atoms with Gasteiger partial charge in [-0.1, -0.05) is 0 Å². The molecule has 1 unspecified atom stereocenters. The van der Waals surface area contributed by atoms with Gasteiger partial charge in [-0.25, -0.2) is 4.79 Å². The first kappa shape index (κ1) is 17.7. The lowest BCUT2D eigenvalue weighted by Crippen LogP contribution is -2.49.